The summed E-state index contributed by atoms with van der Waals surface area (Å²) in [6.07, 6.45) is 3.49. The molecule has 0 amide bonds. The van der Waals surface area contributed by atoms with Crippen molar-refractivity contribution in [3.63, 3.8) is 0 Å². The van der Waals surface area contributed by atoms with Gasteiger partial charge in [0, 0.05) is 12.7 Å². The summed E-state index contributed by atoms with van der Waals surface area (Å²) < 4.78 is 0. The maximum Gasteiger partial charge on any atom is 0.196 e. The molecule has 0 saturated carbocycles. The van der Waals surface area contributed by atoms with Crippen molar-refractivity contribution in [2.45, 2.75) is 0 Å². The van der Waals surface area contributed by atoms with Crippen LogP contribution in [0.1, 0.15) is 0 Å². The van der Waals surface area contributed by atoms with Crippen molar-refractivity contribution in [1.82, 2.24) is 15.5 Å². The smallest absolute Gasteiger partial charge is 0.196 e. The number of anilines is 1. The molecule has 0 fully saturated rings. The van der Waals surface area contributed by atoms with Crippen molar-refractivity contribution in [1.29, 1.82) is 0 Å². The number of hydrogen-bond acceptors (Lipinski definition) is 4. The number of nitrogens with one attached hydrogen (secondary N) is 3. The van der Waals surface area contributed by atoms with Gasteiger partial charge < -0.3 is 10.6 Å². The van der Waals surface area contributed by atoms with E-state index >= 15 is 0 Å². The van der Waals surface area contributed by atoms with Crippen molar-refractivity contribution in [3.8, 4) is 0 Å². The Hall–Kier alpha value is -1.52. The third-order valence-corrected chi connectivity index (χ3v) is 1.44. The lowest BCUT2D eigenvalue weighted by atomic mass is 10.6. The molecule has 0 aromatic carbocycles. The highest BCUT2D eigenvalue weighted by atomic mass is 15.2. The van der Waals surface area contributed by atoms with Crippen LogP contribution >= 0.6 is 0 Å². The Labute approximate surface area is 63.9 Å². The minimum atomic E-state index is 0.825. The molecular weight excluding hydrogens is 142 g/mol. The lowest BCUT2D eigenvalue weighted by Crippen LogP contribution is -2.25. The van der Waals surface area contributed by atoms with Crippen molar-refractivity contribution >= 4 is 11.6 Å². The van der Waals surface area contributed by atoms with Gasteiger partial charge in [-0.05, 0) is 0 Å². The van der Waals surface area contributed by atoms with Crippen molar-refractivity contribution in [3.05, 3.63) is 12.4 Å². The van der Waals surface area contributed by atoms with Gasteiger partial charge in [-0.3, -0.25) is 10.1 Å². The first kappa shape index (κ1) is 6.21. The summed E-state index contributed by atoms with van der Waals surface area (Å²) >= 11 is 0. The number of guanidine groups is 1. The molecule has 0 unspecified atom stereocenters. The van der Waals surface area contributed by atoms with E-state index in [2.05, 4.69) is 25.8 Å². The predicted octanol–water partition coefficient (Wildman–Crippen LogP) is -0.219. The van der Waals surface area contributed by atoms with Gasteiger partial charge in [-0.25, -0.2) is 0 Å². The Balaban J connectivity index is 2.00. The SMILES string of the molecule is c1n[nH]cc1NC1=NCCN1. The monoisotopic (exact) mass is 151 g/mol. The molecule has 58 valence electrons. The fourth-order valence-electron chi connectivity index (χ4n) is 0.938. The summed E-state index contributed by atoms with van der Waals surface area (Å²) in [7, 11) is 0. The molecule has 0 aliphatic carbocycles. The zero-order chi connectivity index (χ0) is 7.52. The largest absolute Gasteiger partial charge is 0.354 e. The van der Waals surface area contributed by atoms with Gasteiger partial charge in [0.05, 0.1) is 18.4 Å². The van der Waals surface area contributed by atoms with Crippen LogP contribution in [0, 0.1) is 0 Å². The normalized spacial score (nSPS) is 15.8. The first-order valence-corrected chi connectivity index (χ1v) is 3.49. The highest BCUT2D eigenvalue weighted by molar-refractivity contribution is 5.94. The van der Waals surface area contributed by atoms with Crippen LogP contribution in [0.3, 0.4) is 0 Å². The molecule has 1 aliphatic heterocycles. The van der Waals surface area contributed by atoms with Crippen molar-refractivity contribution in [2.75, 3.05) is 18.4 Å². The zero-order valence-electron chi connectivity index (χ0n) is 5.96. The summed E-state index contributed by atoms with van der Waals surface area (Å²) in [6.45, 7) is 1.76. The van der Waals surface area contributed by atoms with Crippen LogP contribution in [0.25, 0.3) is 0 Å². The van der Waals surface area contributed by atoms with E-state index in [0.29, 0.717) is 0 Å². The summed E-state index contributed by atoms with van der Waals surface area (Å²) in [5.74, 6) is 0.825. The number of rotatable bonds is 1. The molecule has 2 rings (SSSR count). The Morgan fingerprint density at radius 2 is 2.55 bits per heavy atom. The number of aliphatic imine (C=N–C) groups is 1. The average Bonchev–Trinajstić information content (AvgIpc) is 2.60. The fraction of sp³-hybridized carbons (Fsp3) is 0.333. The van der Waals surface area contributed by atoms with Gasteiger partial charge >= 0.3 is 0 Å². The molecule has 1 aromatic rings. The quantitative estimate of drug-likeness (QED) is 0.520. The molecule has 11 heavy (non-hydrogen) atoms. The fourth-order valence-corrected chi connectivity index (χ4v) is 0.938. The molecule has 0 bridgehead atoms. The summed E-state index contributed by atoms with van der Waals surface area (Å²) in [5.41, 5.74) is 0.929. The molecular formula is C6H9N5. The number of aromatic nitrogens is 2. The van der Waals surface area contributed by atoms with Gasteiger partial charge in [0.2, 0.25) is 0 Å². The molecule has 0 atom stereocenters. The molecule has 1 aromatic heterocycles. The first-order chi connectivity index (χ1) is 5.45. The molecule has 2 heterocycles. The lowest BCUT2D eigenvalue weighted by Gasteiger charge is -2.01. The second kappa shape index (κ2) is 2.61. The van der Waals surface area contributed by atoms with Gasteiger partial charge in [-0.1, -0.05) is 0 Å². The minimum absolute atomic E-state index is 0.825. The Morgan fingerprint density at radius 3 is 3.18 bits per heavy atom. The number of H-pyrrole nitrogens is 1. The molecule has 0 spiro atoms. The van der Waals surface area contributed by atoms with E-state index in [0.717, 1.165) is 24.7 Å². The van der Waals surface area contributed by atoms with Gasteiger partial charge in [0.25, 0.3) is 0 Å². The van der Waals surface area contributed by atoms with E-state index in [1.165, 1.54) is 0 Å². The zero-order valence-corrected chi connectivity index (χ0v) is 5.96. The summed E-state index contributed by atoms with van der Waals surface area (Å²) in [4.78, 5) is 4.16. The van der Waals surface area contributed by atoms with Crippen LogP contribution in [0.2, 0.25) is 0 Å². The Morgan fingerprint density at radius 1 is 1.55 bits per heavy atom. The maximum absolute atomic E-state index is 4.16. The number of nitrogens with zero attached hydrogens (tertiary/aromatic N) is 2. The van der Waals surface area contributed by atoms with E-state index < -0.39 is 0 Å². The van der Waals surface area contributed by atoms with Crippen LogP contribution in [-0.2, 0) is 0 Å². The predicted molar refractivity (Wildman–Crippen MR) is 42.5 cm³/mol. The van der Waals surface area contributed by atoms with Gasteiger partial charge in [-0.15, -0.1) is 0 Å². The second-order valence-electron chi connectivity index (χ2n) is 2.27. The standard InChI is InChI=1S/C6H9N5/c1-2-8-6(7-1)11-5-3-9-10-4-5/h3-4H,1-2H2,(H,9,10)(H2,7,8,11). The molecule has 3 N–H and O–H groups in total. The molecule has 1 aliphatic rings. The highest BCUT2D eigenvalue weighted by Crippen LogP contribution is 2.00. The minimum Gasteiger partial charge on any atom is -0.354 e. The molecule has 0 radical (unpaired) electrons. The van der Waals surface area contributed by atoms with Crippen LogP contribution in [-0.4, -0.2) is 29.2 Å². The maximum atomic E-state index is 4.16. The molecule has 0 saturated heterocycles. The molecule has 5 nitrogen and oxygen atoms in total. The van der Waals surface area contributed by atoms with Gasteiger partial charge in [0.15, 0.2) is 5.96 Å². The summed E-state index contributed by atoms with van der Waals surface area (Å²) in [5, 5.41) is 12.7. The summed E-state index contributed by atoms with van der Waals surface area (Å²) in [6, 6.07) is 0. The van der Waals surface area contributed by atoms with E-state index in [4.69, 9.17) is 0 Å². The third-order valence-electron chi connectivity index (χ3n) is 1.44. The van der Waals surface area contributed by atoms with E-state index in [1.54, 1.807) is 12.4 Å². The van der Waals surface area contributed by atoms with Crippen molar-refractivity contribution < 1.29 is 0 Å². The third kappa shape index (κ3) is 1.31. The van der Waals surface area contributed by atoms with E-state index in [9.17, 15) is 0 Å². The van der Waals surface area contributed by atoms with Crippen LogP contribution < -0.4 is 10.6 Å². The lowest BCUT2D eigenvalue weighted by molar-refractivity contribution is 0.959. The van der Waals surface area contributed by atoms with Gasteiger partial charge in [-0.2, -0.15) is 5.10 Å². The van der Waals surface area contributed by atoms with Crippen LogP contribution in [0.5, 0.6) is 0 Å². The Bertz CT molecular complexity index is 250. The van der Waals surface area contributed by atoms with E-state index in [-0.39, 0.29) is 0 Å². The van der Waals surface area contributed by atoms with Crippen LogP contribution in [0.15, 0.2) is 17.4 Å². The van der Waals surface area contributed by atoms with E-state index in [1.807, 2.05) is 0 Å². The number of hydrogen-bond donors (Lipinski definition) is 3. The van der Waals surface area contributed by atoms with Gasteiger partial charge in [0.1, 0.15) is 0 Å². The average molecular weight is 151 g/mol. The van der Waals surface area contributed by atoms with Crippen LogP contribution in [0.4, 0.5) is 5.69 Å². The number of aromatic amines is 1. The highest BCUT2D eigenvalue weighted by Gasteiger charge is 2.03. The topological polar surface area (TPSA) is 65.1 Å². The second-order valence-corrected chi connectivity index (χ2v) is 2.27. The van der Waals surface area contributed by atoms with Crippen molar-refractivity contribution in [2.24, 2.45) is 4.99 Å². The molecule has 5 heteroatoms. The first-order valence-electron chi connectivity index (χ1n) is 3.49. The Kier molecular flexibility index (Phi) is 1.47.